The Morgan fingerprint density at radius 1 is 1.11 bits per heavy atom. The Balaban J connectivity index is 1.42. The summed E-state index contributed by atoms with van der Waals surface area (Å²) in [5, 5.41) is 10.6. The molecule has 182 valence electrons. The van der Waals surface area contributed by atoms with E-state index >= 15 is 0 Å². The average Bonchev–Trinajstić information content (AvgIpc) is 3.65. The summed E-state index contributed by atoms with van der Waals surface area (Å²) in [6.45, 7) is 2.01. The van der Waals surface area contributed by atoms with E-state index in [1.807, 2.05) is 61.9 Å². The number of aromatic nitrogens is 7. The summed E-state index contributed by atoms with van der Waals surface area (Å²) in [5.74, 6) is 6.26. The number of fused-ring (bicyclic) bond motifs is 2. The number of benzene rings is 1. The van der Waals surface area contributed by atoms with Gasteiger partial charge in [0.2, 0.25) is 0 Å². The molecule has 0 radical (unpaired) electrons. The summed E-state index contributed by atoms with van der Waals surface area (Å²) in [6, 6.07) is 13.7. The molecule has 5 heterocycles. The molecule has 9 nitrogen and oxygen atoms in total. The molecule has 2 N–H and O–H groups in total. The maximum Gasteiger partial charge on any atom is 0.195 e. The molecule has 1 atom stereocenters. The first-order valence-corrected chi connectivity index (χ1v) is 12.6. The van der Waals surface area contributed by atoms with Crippen molar-refractivity contribution < 1.29 is 4.79 Å². The molecular weight excluding hydrogens is 484 g/mol. The van der Waals surface area contributed by atoms with Gasteiger partial charge in [0.1, 0.15) is 17.0 Å². The van der Waals surface area contributed by atoms with Crippen molar-refractivity contribution in [2.75, 3.05) is 5.73 Å². The molecule has 0 aliphatic rings. The molecule has 0 saturated heterocycles. The quantitative estimate of drug-likeness (QED) is 0.277. The number of ketones is 1. The van der Waals surface area contributed by atoms with E-state index in [2.05, 4.69) is 31.4 Å². The minimum atomic E-state index is -0.190. The molecule has 0 amide bonds. The van der Waals surface area contributed by atoms with Gasteiger partial charge in [-0.2, -0.15) is 5.10 Å². The summed E-state index contributed by atoms with van der Waals surface area (Å²) in [5.41, 5.74) is 11.2. The van der Waals surface area contributed by atoms with Gasteiger partial charge in [-0.25, -0.2) is 14.5 Å². The van der Waals surface area contributed by atoms with E-state index in [-0.39, 0.29) is 23.9 Å². The molecule has 0 unspecified atom stereocenters. The molecule has 5 aromatic heterocycles. The SMILES string of the molecule is C[C@H](CC(=O)c1c(N)nn2cccnc12)c1nc2scc(C#Cc3ccn(C)n3)n2c1-c1ccccc1. The Morgan fingerprint density at radius 3 is 2.73 bits per heavy atom. The number of imidazole rings is 1. The first kappa shape index (κ1) is 22.7. The number of nitrogens with two attached hydrogens (primary N) is 1. The Labute approximate surface area is 216 Å². The van der Waals surface area contributed by atoms with Gasteiger partial charge in [0, 0.05) is 48.9 Å². The van der Waals surface area contributed by atoms with Crippen LogP contribution >= 0.6 is 11.3 Å². The Hall–Kier alpha value is -4.75. The van der Waals surface area contributed by atoms with E-state index in [9.17, 15) is 4.79 Å². The molecule has 0 bridgehead atoms. The van der Waals surface area contributed by atoms with Gasteiger partial charge in [-0.15, -0.1) is 16.4 Å². The molecule has 0 fully saturated rings. The van der Waals surface area contributed by atoms with Crippen molar-refractivity contribution in [3.8, 4) is 23.1 Å². The number of hydrogen-bond donors (Lipinski definition) is 1. The minimum Gasteiger partial charge on any atom is -0.382 e. The van der Waals surface area contributed by atoms with E-state index in [0.717, 1.165) is 27.6 Å². The van der Waals surface area contributed by atoms with Crippen molar-refractivity contribution in [3.05, 3.63) is 89.1 Å². The van der Waals surface area contributed by atoms with E-state index in [1.54, 1.807) is 23.1 Å². The van der Waals surface area contributed by atoms with Gasteiger partial charge < -0.3 is 5.73 Å². The zero-order valence-electron chi connectivity index (χ0n) is 20.2. The smallest absolute Gasteiger partial charge is 0.195 e. The first-order valence-electron chi connectivity index (χ1n) is 11.7. The van der Waals surface area contributed by atoms with Crippen LogP contribution in [0.25, 0.3) is 21.9 Å². The molecule has 10 heteroatoms. The highest BCUT2D eigenvalue weighted by atomic mass is 32.1. The van der Waals surface area contributed by atoms with Gasteiger partial charge in [0.15, 0.2) is 22.2 Å². The van der Waals surface area contributed by atoms with Crippen molar-refractivity contribution in [2.45, 2.75) is 19.3 Å². The van der Waals surface area contributed by atoms with E-state index < -0.39 is 0 Å². The van der Waals surface area contributed by atoms with Gasteiger partial charge >= 0.3 is 0 Å². The third kappa shape index (κ3) is 4.05. The van der Waals surface area contributed by atoms with E-state index in [4.69, 9.17) is 10.7 Å². The fraction of sp³-hybridized carbons (Fsp3) is 0.148. The van der Waals surface area contributed by atoms with E-state index in [0.29, 0.717) is 16.9 Å². The van der Waals surface area contributed by atoms with Crippen molar-refractivity contribution in [3.63, 3.8) is 0 Å². The third-order valence-electron chi connectivity index (χ3n) is 6.13. The number of hydrogen-bond acceptors (Lipinski definition) is 7. The second-order valence-corrected chi connectivity index (χ2v) is 9.59. The Kier molecular flexibility index (Phi) is 5.54. The second-order valence-electron chi connectivity index (χ2n) is 8.75. The summed E-state index contributed by atoms with van der Waals surface area (Å²) >= 11 is 1.52. The van der Waals surface area contributed by atoms with Gasteiger partial charge in [-0.3, -0.25) is 13.9 Å². The monoisotopic (exact) mass is 506 g/mol. The maximum absolute atomic E-state index is 13.4. The van der Waals surface area contributed by atoms with Crippen LogP contribution in [0.2, 0.25) is 0 Å². The molecule has 0 aliphatic heterocycles. The summed E-state index contributed by atoms with van der Waals surface area (Å²) in [6.07, 6.45) is 5.43. The minimum absolute atomic E-state index is 0.121. The van der Waals surface area contributed by atoms with Crippen LogP contribution in [0.5, 0.6) is 0 Å². The third-order valence-corrected chi connectivity index (χ3v) is 6.96. The molecule has 37 heavy (non-hydrogen) atoms. The summed E-state index contributed by atoms with van der Waals surface area (Å²) in [7, 11) is 1.86. The maximum atomic E-state index is 13.4. The Bertz CT molecular complexity index is 1830. The Morgan fingerprint density at radius 2 is 1.95 bits per heavy atom. The van der Waals surface area contributed by atoms with Crippen LogP contribution in [0.1, 0.15) is 46.7 Å². The van der Waals surface area contributed by atoms with Crippen LogP contribution in [-0.4, -0.2) is 39.5 Å². The van der Waals surface area contributed by atoms with E-state index in [1.165, 1.54) is 15.9 Å². The van der Waals surface area contributed by atoms with Gasteiger partial charge in [0.05, 0.1) is 11.4 Å². The summed E-state index contributed by atoms with van der Waals surface area (Å²) < 4.78 is 5.32. The van der Waals surface area contributed by atoms with Crippen LogP contribution in [-0.2, 0) is 7.05 Å². The van der Waals surface area contributed by atoms with Gasteiger partial charge in [0.25, 0.3) is 0 Å². The number of rotatable bonds is 5. The second kappa shape index (κ2) is 9.04. The highest BCUT2D eigenvalue weighted by Gasteiger charge is 2.26. The van der Waals surface area contributed by atoms with Crippen molar-refractivity contribution in [1.82, 2.24) is 33.8 Å². The average molecular weight is 507 g/mol. The lowest BCUT2D eigenvalue weighted by Crippen LogP contribution is -2.09. The molecule has 0 saturated carbocycles. The number of aryl methyl sites for hydroxylation is 1. The molecule has 6 rings (SSSR count). The highest BCUT2D eigenvalue weighted by molar-refractivity contribution is 7.15. The molecule has 0 aliphatic carbocycles. The number of Topliss-reactive ketones (excluding diaryl/α,β-unsaturated/α-hetero) is 1. The standard InChI is InChI=1S/C27H22N8OS/c1-17(15-21(36)22-25(28)32-34-13-6-12-29-26(22)34)23-24(18-7-4-3-5-8-18)35-20(16-37-27(35)30-23)10-9-19-11-14-33(2)31-19/h3-8,11-14,16-17H,15H2,1-2H3,(H2,28,32)/t17-/m1/s1. The van der Waals surface area contributed by atoms with Crippen LogP contribution < -0.4 is 5.73 Å². The lowest BCUT2D eigenvalue weighted by Gasteiger charge is -2.12. The fourth-order valence-electron chi connectivity index (χ4n) is 4.44. The van der Waals surface area contributed by atoms with Crippen molar-refractivity contribution in [2.24, 2.45) is 7.05 Å². The molecular formula is C27H22N8OS. The largest absolute Gasteiger partial charge is 0.382 e. The number of nitrogen functional groups attached to an aromatic ring is 1. The lowest BCUT2D eigenvalue weighted by atomic mass is 9.94. The topological polar surface area (TPSA) is 108 Å². The van der Waals surface area contributed by atoms with Crippen molar-refractivity contribution >= 4 is 33.5 Å². The lowest BCUT2D eigenvalue weighted by molar-refractivity contribution is 0.0977. The fourth-order valence-corrected chi connectivity index (χ4v) is 5.27. The highest BCUT2D eigenvalue weighted by Crippen LogP contribution is 2.35. The normalized spacial score (nSPS) is 12.1. The molecule has 0 spiro atoms. The zero-order chi connectivity index (χ0) is 25.5. The summed E-state index contributed by atoms with van der Waals surface area (Å²) in [4.78, 5) is 23.5. The zero-order valence-corrected chi connectivity index (χ0v) is 21.0. The van der Waals surface area contributed by atoms with Crippen LogP contribution in [0.3, 0.4) is 0 Å². The molecule has 6 aromatic rings. The van der Waals surface area contributed by atoms with Crippen LogP contribution in [0, 0.1) is 11.8 Å². The van der Waals surface area contributed by atoms with Gasteiger partial charge in [-0.05, 0) is 24.0 Å². The predicted octanol–water partition coefficient (Wildman–Crippen LogP) is 4.20. The first-order chi connectivity index (χ1) is 18.0. The number of carbonyl (C=O) groups is 1. The number of thiazole rings is 1. The van der Waals surface area contributed by atoms with Gasteiger partial charge in [-0.1, -0.05) is 37.3 Å². The predicted molar refractivity (Wildman–Crippen MR) is 142 cm³/mol. The van der Waals surface area contributed by atoms with Crippen LogP contribution in [0.15, 0.2) is 66.4 Å². The number of nitrogens with zero attached hydrogens (tertiary/aromatic N) is 7. The molecule has 1 aromatic carbocycles. The van der Waals surface area contributed by atoms with Crippen molar-refractivity contribution in [1.29, 1.82) is 0 Å². The van der Waals surface area contributed by atoms with Crippen LogP contribution in [0.4, 0.5) is 5.82 Å². The number of carbonyl (C=O) groups excluding carboxylic acids is 1. The number of anilines is 1.